The molecule has 2 aromatic rings. The third-order valence-electron chi connectivity index (χ3n) is 7.00. The molecule has 2 aliphatic rings. The van der Waals surface area contributed by atoms with Gasteiger partial charge in [-0.05, 0) is 61.6 Å². The second kappa shape index (κ2) is 12.1. The van der Waals surface area contributed by atoms with Crippen LogP contribution in [0.5, 0.6) is 23.0 Å². The molecule has 0 aliphatic carbocycles. The molecule has 0 aromatic heterocycles. The number of likely N-dealkylation sites (tertiary alicyclic amines) is 2. The van der Waals surface area contributed by atoms with Crippen molar-refractivity contribution in [1.29, 1.82) is 0 Å². The molecule has 194 valence electrons. The van der Waals surface area contributed by atoms with Crippen molar-refractivity contribution in [3.05, 3.63) is 53.9 Å². The Morgan fingerprint density at radius 1 is 0.889 bits per heavy atom. The molecule has 0 N–H and O–H groups in total. The molecule has 2 aliphatic heterocycles. The number of methoxy groups -OCH3 is 3. The number of para-hydroxylation sites is 1. The lowest BCUT2D eigenvalue weighted by Gasteiger charge is -2.41. The van der Waals surface area contributed by atoms with Crippen LogP contribution in [0.1, 0.15) is 31.2 Å². The maximum absolute atomic E-state index is 13.9. The molecule has 8 heteroatoms. The van der Waals surface area contributed by atoms with E-state index in [0.717, 1.165) is 57.4 Å². The van der Waals surface area contributed by atoms with Crippen molar-refractivity contribution in [1.82, 2.24) is 9.80 Å². The molecule has 0 radical (unpaired) electrons. The Balaban J connectivity index is 1.25. The molecule has 0 bridgehead atoms. The number of benzene rings is 2. The molecule has 2 saturated heterocycles. The molecule has 0 saturated carbocycles. The van der Waals surface area contributed by atoms with E-state index < -0.39 is 0 Å². The van der Waals surface area contributed by atoms with E-state index in [0.29, 0.717) is 29.0 Å². The number of nitrogens with zero attached hydrogens (tertiary/aromatic N) is 2. The van der Waals surface area contributed by atoms with Crippen LogP contribution in [0.3, 0.4) is 0 Å². The number of rotatable bonds is 8. The summed E-state index contributed by atoms with van der Waals surface area (Å²) in [5.41, 5.74) is 0.799. The fraction of sp³-hybridized carbons (Fsp3) is 0.464. The molecule has 0 unspecified atom stereocenters. The first-order valence-corrected chi connectivity index (χ1v) is 12.4. The minimum Gasteiger partial charge on any atom is -0.493 e. The van der Waals surface area contributed by atoms with Crippen molar-refractivity contribution < 1.29 is 28.1 Å². The van der Waals surface area contributed by atoms with Gasteiger partial charge in [0.2, 0.25) is 11.7 Å². The van der Waals surface area contributed by atoms with Crippen LogP contribution in [0.25, 0.3) is 6.08 Å². The molecule has 2 fully saturated rings. The molecular formula is C28H35FN2O5. The van der Waals surface area contributed by atoms with Crippen LogP contribution in [0.15, 0.2) is 42.5 Å². The number of amides is 1. The van der Waals surface area contributed by atoms with Crippen LogP contribution in [0.2, 0.25) is 0 Å². The maximum Gasteiger partial charge on any atom is 0.246 e. The van der Waals surface area contributed by atoms with Crippen LogP contribution in [-0.2, 0) is 4.79 Å². The first kappa shape index (κ1) is 25.8. The van der Waals surface area contributed by atoms with Crippen LogP contribution in [-0.4, -0.2) is 75.4 Å². The summed E-state index contributed by atoms with van der Waals surface area (Å²) in [7, 11) is 4.70. The normalized spacial score (nSPS) is 17.8. The molecule has 1 amide bonds. The van der Waals surface area contributed by atoms with Crippen molar-refractivity contribution in [2.45, 2.75) is 37.8 Å². The standard InChI is InChI=1S/C28H35FN2O5/c1-33-25-18-20(19-26(34-2)28(25)35-3)8-9-27(32)31-14-10-21(11-15-31)30-16-12-22(13-17-30)36-24-7-5-4-6-23(24)29/h4-9,18-19,21-22H,10-17H2,1-3H3/b9-8+. The van der Waals surface area contributed by atoms with E-state index in [-0.39, 0.29) is 17.8 Å². The number of carbonyl (C=O) groups excluding carboxylic acids is 1. The third kappa shape index (κ3) is 6.10. The van der Waals surface area contributed by atoms with Crippen molar-refractivity contribution in [2.24, 2.45) is 0 Å². The SMILES string of the molecule is COc1cc(/C=C/C(=O)N2CCC(N3CCC(Oc4ccccc4F)CC3)CC2)cc(OC)c1OC. The highest BCUT2D eigenvalue weighted by atomic mass is 19.1. The van der Waals surface area contributed by atoms with Crippen molar-refractivity contribution in [3.63, 3.8) is 0 Å². The van der Waals surface area contributed by atoms with Crippen LogP contribution < -0.4 is 18.9 Å². The summed E-state index contributed by atoms with van der Waals surface area (Å²) in [5.74, 6) is 1.65. The topological polar surface area (TPSA) is 60.5 Å². The lowest BCUT2D eigenvalue weighted by Crippen LogP contribution is -2.49. The average molecular weight is 499 g/mol. The summed E-state index contributed by atoms with van der Waals surface area (Å²) in [4.78, 5) is 17.2. The zero-order valence-corrected chi connectivity index (χ0v) is 21.2. The molecule has 0 atom stereocenters. The van der Waals surface area contributed by atoms with Gasteiger partial charge >= 0.3 is 0 Å². The Hall–Kier alpha value is -3.26. The second-order valence-corrected chi connectivity index (χ2v) is 9.13. The zero-order valence-electron chi connectivity index (χ0n) is 21.2. The minimum atomic E-state index is -0.309. The summed E-state index contributed by atoms with van der Waals surface area (Å²) in [6, 6.07) is 10.7. The largest absolute Gasteiger partial charge is 0.493 e. The Morgan fingerprint density at radius 2 is 1.53 bits per heavy atom. The van der Waals surface area contributed by atoms with E-state index >= 15 is 0 Å². The highest BCUT2D eigenvalue weighted by Gasteiger charge is 2.30. The molecular weight excluding hydrogens is 463 g/mol. The van der Waals surface area contributed by atoms with Gasteiger partial charge in [-0.1, -0.05) is 12.1 Å². The van der Waals surface area contributed by atoms with Crippen LogP contribution in [0, 0.1) is 5.82 Å². The molecule has 4 rings (SSSR count). The molecule has 7 nitrogen and oxygen atoms in total. The van der Waals surface area contributed by atoms with Gasteiger partial charge in [-0.25, -0.2) is 4.39 Å². The fourth-order valence-electron chi connectivity index (χ4n) is 5.00. The second-order valence-electron chi connectivity index (χ2n) is 9.13. The van der Waals surface area contributed by atoms with E-state index in [9.17, 15) is 9.18 Å². The minimum absolute atomic E-state index is 0.000743. The average Bonchev–Trinajstić information content (AvgIpc) is 2.92. The number of hydrogen-bond acceptors (Lipinski definition) is 6. The van der Waals surface area contributed by atoms with Crippen LogP contribution >= 0.6 is 0 Å². The van der Waals surface area contributed by atoms with Gasteiger partial charge in [0.05, 0.1) is 21.3 Å². The smallest absolute Gasteiger partial charge is 0.246 e. The molecule has 0 spiro atoms. The summed E-state index contributed by atoms with van der Waals surface area (Å²) < 4.78 is 35.9. The monoisotopic (exact) mass is 498 g/mol. The van der Waals surface area contributed by atoms with E-state index in [1.807, 2.05) is 17.0 Å². The van der Waals surface area contributed by atoms with Gasteiger partial charge in [0, 0.05) is 38.3 Å². The van der Waals surface area contributed by atoms with Crippen LogP contribution in [0.4, 0.5) is 4.39 Å². The van der Waals surface area contributed by atoms with Gasteiger partial charge in [-0.2, -0.15) is 0 Å². The van der Waals surface area contributed by atoms with Gasteiger partial charge in [-0.3, -0.25) is 9.69 Å². The number of hydrogen-bond donors (Lipinski definition) is 0. The highest BCUT2D eigenvalue weighted by molar-refractivity contribution is 5.92. The first-order chi connectivity index (χ1) is 17.5. The predicted molar refractivity (Wildman–Crippen MR) is 136 cm³/mol. The predicted octanol–water partition coefficient (Wildman–Crippen LogP) is 4.40. The fourth-order valence-corrected chi connectivity index (χ4v) is 5.00. The number of halogens is 1. The van der Waals surface area contributed by atoms with E-state index in [4.69, 9.17) is 18.9 Å². The Kier molecular flexibility index (Phi) is 8.70. The molecule has 2 aromatic carbocycles. The highest BCUT2D eigenvalue weighted by Crippen LogP contribution is 2.38. The van der Waals surface area contributed by atoms with Crippen molar-refractivity contribution in [2.75, 3.05) is 47.5 Å². The van der Waals surface area contributed by atoms with Gasteiger partial charge in [0.1, 0.15) is 6.10 Å². The number of carbonyl (C=O) groups is 1. The van der Waals surface area contributed by atoms with E-state index in [2.05, 4.69) is 4.90 Å². The molecule has 36 heavy (non-hydrogen) atoms. The lowest BCUT2D eigenvalue weighted by atomic mass is 9.98. The number of piperidine rings is 2. The zero-order chi connectivity index (χ0) is 25.5. The van der Waals surface area contributed by atoms with Gasteiger partial charge in [-0.15, -0.1) is 0 Å². The van der Waals surface area contributed by atoms with Gasteiger partial charge in [0.15, 0.2) is 23.1 Å². The van der Waals surface area contributed by atoms with Gasteiger partial charge in [0.25, 0.3) is 0 Å². The van der Waals surface area contributed by atoms with Crippen molar-refractivity contribution >= 4 is 12.0 Å². The van der Waals surface area contributed by atoms with Gasteiger partial charge < -0.3 is 23.8 Å². The molecule has 2 heterocycles. The summed E-state index contributed by atoms with van der Waals surface area (Å²) in [6.45, 7) is 3.32. The first-order valence-electron chi connectivity index (χ1n) is 12.4. The lowest BCUT2D eigenvalue weighted by molar-refractivity contribution is -0.127. The Labute approximate surface area is 212 Å². The van der Waals surface area contributed by atoms with Crippen molar-refractivity contribution in [3.8, 4) is 23.0 Å². The Bertz CT molecular complexity index is 1030. The third-order valence-corrected chi connectivity index (χ3v) is 7.00. The maximum atomic E-state index is 13.9. The summed E-state index contributed by atoms with van der Waals surface area (Å²) in [5, 5.41) is 0. The van der Waals surface area contributed by atoms with E-state index in [1.54, 1.807) is 51.7 Å². The quantitative estimate of drug-likeness (QED) is 0.503. The number of ether oxygens (including phenoxy) is 4. The summed E-state index contributed by atoms with van der Waals surface area (Å²) >= 11 is 0. The summed E-state index contributed by atoms with van der Waals surface area (Å²) in [6.07, 6.45) is 7.08. The Morgan fingerprint density at radius 3 is 2.11 bits per heavy atom. The van der Waals surface area contributed by atoms with E-state index in [1.165, 1.54) is 6.07 Å².